The summed E-state index contributed by atoms with van der Waals surface area (Å²) in [5.74, 6) is 0.493. The van der Waals surface area contributed by atoms with Gasteiger partial charge in [-0.2, -0.15) is 0 Å². The van der Waals surface area contributed by atoms with E-state index in [0.717, 1.165) is 31.6 Å². The highest BCUT2D eigenvalue weighted by Gasteiger charge is 2.36. The highest BCUT2D eigenvalue weighted by molar-refractivity contribution is 5.21. The fourth-order valence-electron chi connectivity index (χ4n) is 3.78. The molecule has 2 heterocycles. The van der Waals surface area contributed by atoms with Crippen LogP contribution in [0.3, 0.4) is 0 Å². The maximum Gasteiger partial charge on any atom is 0.123 e. The van der Waals surface area contributed by atoms with Gasteiger partial charge >= 0.3 is 0 Å². The molecule has 2 aliphatic rings. The fraction of sp³-hybridized carbons (Fsp3) is 0.647. The number of rotatable bonds is 5. The van der Waals surface area contributed by atoms with E-state index in [1.54, 1.807) is 12.1 Å². The normalized spacial score (nSPS) is 29.3. The molecule has 3 nitrogen and oxygen atoms in total. The van der Waals surface area contributed by atoms with Crippen LogP contribution >= 0.6 is 0 Å². The molecule has 0 radical (unpaired) electrons. The molecule has 0 spiro atoms. The second kappa shape index (κ2) is 6.75. The van der Waals surface area contributed by atoms with Crippen LogP contribution in [0.2, 0.25) is 0 Å². The lowest BCUT2D eigenvalue weighted by Crippen LogP contribution is -2.53. The molecular formula is C17H24FNO2. The predicted molar refractivity (Wildman–Crippen MR) is 79.9 cm³/mol. The van der Waals surface area contributed by atoms with Crippen LogP contribution in [0.1, 0.15) is 38.5 Å². The Morgan fingerprint density at radius 2 is 1.81 bits per heavy atom. The molecule has 2 saturated heterocycles. The molecule has 0 amide bonds. The molecule has 4 heteroatoms. The van der Waals surface area contributed by atoms with Gasteiger partial charge in [-0.15, -0.1) is 0 Å². The number of ether oxygens (including phenoxy) is 1. The number of piperidine rings is 2. The molecular weight excluding hydrogens is 269 g/mol. The Kier molecular flexibility index (Phi) is 4.76. The number of fused-ring (bicyclic) bond motifs is 2. The fourth-order valence-corrected chi connectivity index (χ4v) is 3.78. The van der Waals surface area contributed by atoms with Crippen LogP contribution in [-0.4, -0.2) is 41.3 Å². The van der Waals surface area contributed by atoms with Gasteiger partial charge in [0.2, 0.25) is 0 Å². The lowest BCUT2D eigenvalue weighted by atomic mass is 9.83. The standard InChI is InChI=1S/C17H24FNO2/c18-13-5-7-17(8-6-13)21-10-2-9-19-14-3-1-4-15(19)12-16(20)11-14/h5-8,14-16,20H,1-4,9-12H2/t14-,15+,16?. The molecule has 1 aromatic carbocycles. The summed E-state index contributed by atoms with van der Waals surface area (Å²) in [5.41, 5.74) is 0. The molecule has 0 aliphatic carbocycles. The van der Waals surface area contributed by atoms with Crippen molar-refractivity contribution in [1.29, 1.82) is 0 Å². The van der Waals surface area contributed by atoms with Crippen LogP contribution < -0.4 is 4.74 Å². The van der Waals surface area contributed by atoms with E-state index in [9.17, 15) is 9.50 Å². The van der Waals surface area contributed by atoms with E-state index < -0.39 is 0 Å². The van der Waals surface area contributed by atoms with Gasteiger partial charge in [-0.25, -0.2) is 4.39 Å². The second-order valence-corrected chi connectivity index (χ2v) is 6.26. The van der Waals surface area contributed by atoms with Gasteiger partial charge < -0.3 is 9.84 Å². The van der Waals surface area contributed by atoms with Crippen molar-refractivity contribution < 1.29 is 14.2 Å². The topological polar surface area (TPSA) is 32.7 Å². The summed E-state index contributed by atoms with van der Waals surface area (Å²) >= 11 is 0. The number of hydrogen-bond donors (Lipinski definition) is 1. The smallest absolute Gasteiger partial charge is 0.123 e. The minimum Gasteiger partial charge on any atom is -0.494 e. The summed E-state index contributed by atoms with van der Waals surface area (Å²) < 4.78 is 18.5. The third-order valence-electron chi connectivity index (χ3n) is 4.74. The first-order chi connectivity index (χ1) is 10.2. The number of benzene rings is 1. The van der Waals surface area contributed by atoms with Crippen LogP contribution in [0.25, 0.3) is 0 Å². The maximum absolute atomic E-state index is 12.8. The van der Waals surface area contributed by atoms with Gasteiger partial charge in [-0.1, -0.05) is 6.42 Å². The zero-order valence-electron chi connectivity index (χ0n) is 12.4. The van der Waals surface area contributed by atoms with Crippen molar-refractivity contribution in [2.75, 3.05) is 13.2 Å². The van der Waals surface area contributed by atoms with Crippen LogP contribution in [0.4, 0.5) is 4.39 Å². The molecule has 2 fully saturated rings. The average Bonchev–Trinajstić information content (AvgIpc) is 2.46. The second-order valence-electron chi connectivity index (χ2n) is 6.26. The van der Waals surface area contributed by atoms with E-state index in [4.69, 9.17) is 4.74 Å². The molecule has 3 atom stereocenters. The van der Waals surface area contributed by atoms with Crippen molar-refractivity contribution in [3.05, 3.63) is 30.1 Å². The summed E-state index contributed by atoms with van der Waals surface area (Å²) in [7, 11) is 0. The quantitative estimate of drug-likeness (QED) is 0.847. The lowest BCUT2D eigenvalue weighted by molar-refractivity contribution is -0.0279. The van der Waals surface area contributed by atoms with Gasteiger partial charge in [-0.3, -0.25) is 4.90 Å². The SMILES string of the molecule is OC1C[C@H]2CCC[C@@H](C1)N2CCCOc1ccc(F)cc1. The molecule has 116 valence electrons. The molecule has 0 saturated carbocycles. The van der Waals surface area contributed by atoms with Crippen molar-refractivity contribution in [2.45, 2.75) is 56.7 Å². The summed E-state index contributed by atoms with van der Waals surface area (Å²) in [6.07, 6.45) is 6.45. The highest BCUT2D eigenvalue weighted by Crippen LogP contribution is 2.33. The number of hydrogen-bond acceptors (Lipinski definition) is 3. The van der Waals surface area contributed by atoms with Crippen molar-refractivity contribution in [2.24, 2.45) is 0 Å². The molecule has 2 bridgehead atoms. The summed E-state index contributed by atoms with van der Waals surface area (Å²) in [6, 6.07) is 7.29. The number of aliphatic hydroxyl groups excluding tert-OH is 1. The van der Waals surface area contributed by atoms with Gasteiger partial charge in [0.1, 0.15) is 11.6 Å². The van der Waals surface area contributed by atoms with Gasteiger partial charge in [-0.05, 0) is 56.4 Å². The molecule has 1 aromatic rings. The largest absolute Gasteiger partial charge is 0.494 e. The van der Waals surface area contributed by atoms with E-state index in [0.29, 0.717) is 18.7 Å². The van der Waals surface area contributed by atoms with E-state index in [1.165, 1.54) is 31.4 Å². The molecule has 3 rings (SSSR count). The first kappa shape index (κ1) is 14.8. The Balaban J connectivity index is 1.44. The average molecular weight is 293 g/mol. The van der Waals surface area contributed by atoms with E-state index in [1.807, 2.05) is 0 Å². The number of halogens is 1. The minimum absolute atomic E-state index is 0.105. The van der Waals surface area contributed by atoms with Crippen molar-refractivity contribution >= 4 is 0 Å². The Morgan fingerprint density at radius 1 is 1.14 bits per heavy atom. The molecule has 2 aliphatic heterocycles. The lowest BCUT2D eigenvalue weighted by Gasteiger charge is -2.47. The van der Waals surface area contributed by atoms with Gasteiger partial charge in [0.25, 0.3) is 0 Å². The van der Waals surface area contributed by atoms with Crippen LogP contribution in [0, 0.1) is 5.82 Å². The summed E-state index contributed by atoms with van der Waals surface area (Å²) in [4.78, 5) is 2.57. The highest BCUT2D eigenvalue weighted by atomic mass is 19.1. The van der Waals surface area contributed by atoms with Crippen molar-refractivity contribution in [3.63, 3.8) is 0 Å². The van der Waals surface area contributed by atoms with E-state index in [-0.39, 0.29) is 11.9 Å². The summed E-state index contributed by atoms with van der Waals surface area (Å²) in [5, 5.41) is 9.89. The first-order valence-corrected chi connectivity index (χ1v) is 8.04. The Hall–Kier alpha value is -1.13. The number of nitrogens with zero attached hydrogens (tertiary/aromatic N) is 1. The Labute approximate surface area is 125 Å². The predicted octanol–water partition coefficient (Wildman–Crippen LogP) is 2.97. The third-order valence-corrected chi connectivity index (χ3v) is 4.74. The zero-order chi connectivity index (χ0) is 14.7. The van der Waals surface area contributed by atoms with Gasteiger partial charge in [0.05, 0.1) is 12.7 Å². The Bertz CT molecular complexity index is 437. The first-order valence-electron chi connectivity index (χ1n) is 8.04. The van der Waals surface area contributed by atoms with E-state index >= 15 is 0 Å². The van der Waals surface area contributed by atoms with Crippen molar-refractivity contribution in [1.82, 2.24) is 4.90 Å². The maximum atomic E-state index is 12.8. The summed E-state index contributed by atoms with van der Waals surface area (Å²) in [6.45, 7) is 1.69. The van der Waals surface area contributed by atoms with Crippen LogP contribution in [-0.2, 0) is 0 Å². The van der Waals surface area contributed by atoms with Crippen LogP contribution in [0.15, 0.2) is 24.3 Å². The zero-order valence-corrected chi connectivity index (χ0v) is 12.4. The monoisotopic (exact) mass is 293 g/mol. The molecule has 0 aromatic heterocycles. The minimum atomic E-state index is -0.234. The molecule has 1 unspecified atom stereocenters. The Morgan fingerprint density at radius 3 is 2.48 bits per heavy atom. The van der Waals surface area contributed by atoms with Crippen LogP contribution in [0.5, 0.6) is 5.75 Å². The van der Waals surface area contributed by atoms with Gasteiger partial charge in [0.15, 0.2) is 0 Å². The third kappa shape index (κ3) is 3.74. The van der Waals surface area contributed by atoms with E-state index in [2.05, 4.69) is 4.90 Å². The number of aliphatic hydroxyl groups is 1. The molecule has 21 heavy (non-hydrogen) atoms. The molecule has 1 N–H and O–H groups in total. The van der Waals surface area contributed by atoms with Gasteiger partial charge in [0, 0.05) is 18.6 Å². The van der Waals surface area contributed by atoms with Crippen molar-refractivity contribution in [3.8, 4) is 5.75 Å².